The number of carboxylic acids is 1. The van der Waals surface area contributed by atoms with E-state index >= 15 is 0 Å². The maximum atomic E-state index is 12.8. The van der Waals surface area contributed by atoms with Crippen molar-refractivity contribution in [3.05, 3.63) is 83.0 Å². The van der Waals surface area contributed by atoms with E-state index in [2.05, 4.69) is 5.32 Å². The third kappa shape index (κ3) is 4.86. The van der Waals surface area contributed by atoms with Gasteiger partial charge in [-0.2, -0.15) is 0 Å². The Hall–Kier alpha value is -4.31. The molecule has 0 aliphatic carbocycles. The van der Waals surface area contributed by atoms with Gasteiger partial charge in [0.25, 0.3) is 11.1 Å². The summed E-state index contributed by atoms with van der Waals surface area (Å²) in [4.78, 5) is 50.0. The van der Waals surface area contributed by atoms with Gasteiger partial charge in [-0.3, -0.25) is 19.3 Å². The summed E-state index contributed by atoms with van der Waals surface area (Å²) in [7, 11) is 1.53. The van der Waals surface area contributed by atoms with E-state index in [1.165, 1.54) is 19.2 Å². The van der Waals surface area contributed by atoms with E-state index in [-0.39, 0.29) is 10.5 Å². The number of carbonyl (C=O) groups excluding carboxylic acids is 3. The molecule has 10 heteroatoms. The minimum Gasteiger partial charge on any atom is -0.497 e. The predicted molar refractivity (Wildman–Crippen MR) is 127 cm³/mol. The summed E-state index contributed by atoms with van der Waals surface area (Å²) >= 11 is 0.740. The van der Waals surface area contributed by atoms with Gasteiger partial charge in [-0.15, -0.1) is 0 Å². The maximum absolute atomic E-state index is 12.8. The van der Waals surface area contributed by atoms with Crippen LogP contribution in [0.3, 0.4) is 0 Å². The highest BCUT2D eigenvalue weighted by Crippen LogP contribution is 2.32. The molecule has 2 aromatic carbocycles. The molecule has 2 N–H and O–H groups in total. The highest BCUT2D eigenvalue weighted by atomic mass is 32.2. The van der Waals surface area contributed by atoms with Crippen molar-refractivity contribution >= 4 is 46.5 Å². The standard InChI is InChI=1S/C24H19N3O6S/c1-33-19-9-7-16(8-10-19)25-21(28)14-27-22(29)20(34-24(27)32)13-18-6-3-11-26(18)17-5-2-4-15(12-17)23(30)31/h2-13H,14H2,1H3,(H,25,28)(H,30,31)/b20-13-. The van der Waals surface area contributed by atoms with Crippen LogP contribution in [0.25, 0.3) is 11.8 Å². The Morgan fingerprint density at radius 2 is 1.85 bits per heavy atom. The van der Waals surface area contributed by atoms with E-state index in [0.29, 0.717) is 22.8 Å². The first-order valence-corrected chi connectivity index (χ1v) is 10.9. The predicted octanol–water partition coefficient (Wildman–Crippen LogP) is 3.86. The number of rotatable bonds is 7. The van der Waals surface area contributed by atoms with E-state index in [1.54, 1.807) is 65.4 Å². The summed E-state index contributed by atoms with van der Waals surface area (Å²) in [6.07, 6.45) is 3.26. The molecule has 4 rings (SSSR count). The van der Waals surface area contributed by atoms with Crippen molar-refractivity contribution in [2.45, 2.75) is 0 Å². The van der Waals surface area contributed by atoms with Crippen LogP contribution in [0.15, 0.2) is 71.8 Å². The van der Waals surface area contributed by atoms with Gasteiger partial charge in [-0.05, 0) is 72.4 Å². The molecule has 172 valence electrons. The summed E-state index contributed by atoms with van der Waals surface area (Å²) in [6.45, 7) is -0.421. The lowest BCUT2D eigenvalue weighted by molar-refractivity contribution is -0.127. The Balaban J connectivity index is 1.49. The number of aromatic carboxylic acids is 1. The molecule has 0 atom stereocenters. The Morgan fingerprint density at radius 1 is 1.09 bits per heavy atom. The number of imide groups is 1. The monoisotopic (exact) mass is 477 g/mol. The molecule has 1 aliphatic heterocycles. The average Bonchev–Trinajstić information content (AvgIpc) is 3.39. The van der Waals surface area contributed by atoms with Gasteiger partial charge in [0, 0.05) is 23.3 Å². The number of nitrogens with one attached hydrogen (secondary N) is 1. The van der Waals surface area contributed by atoms with Crippen LogP contribution in [0.4, 0.5) is 10.5 Å². The first-order chi connectivity index (χ1) is 16.4. The van der Waals surface area contributed by atoms with E-state index < -0.39 is 29.6 Å². The van der Waals surface area contributed by atoms with Gasteiger partial charge in [-0.25, -0.2) is 4.79 Å². The van der Waals surface area contributed by atoms with Gasteiger partial charge in [0.2, 0.25) is 5.91 Å². The summed E-state index contributed by atoms with van der Waals surface area (Å²) in [5.41, 5.74) is 1.81. The minimum atomic E-state index is -1.05. The zero-order chi connectivity index (χ0) is 24.2. The number of thioether (sulfide) groups is 1. The zero-order valence-corrected chi connectivity index (χ0v) is 18.7. The third-order valence-corrected chi connectivity index (χ3v) is 5.89. The van der Waals surface area contributed by atoms with Gasteiger partial charge in [0.15, 0.2) is 0 Å². The molecule has 0 saturated carbocycles. The molecule has 2 heterocycles. The number of aromatic nitrogens is 1. The van der Waals surface area contributed by atoms with Crippen LogP contribution in [0.2, 0.25) is 0 Å². The Bertz CT molecular complexity index is 1310. The molecule has 1 aromatic heterocycles. The number of anilines is 1. The Kier molecular flexibility index (Phi) is 6.51. The number of carbonyl (C=O) groups is 4. The second kappa shape index (κ2) is 9.67. The second-order valence-corrected chi connectivity index (χ2v) is 8.20. The van der Waals surface area contributed by atoms with E-state index in [0.717, 1.165) is 16.7 Å². The Morgan fingerprint density at radius 3 is 2.56 bits per heavy atom. The molecule has 0 bridgehead atoms. The molecule has 0 unspecified atom stereocenters. The van der Waals surface area contributed by atoms with Crippen molar-refractivity contribution in [1.29, 1.82) is 0 Å². The highest BCUT2D eigenvalue weighted by molar-refractivity contribution is 8.18. The van der Waals surface area contributed by atoms with Gasteiger partial charge in [0.05, 0.1) is 17.6 Å². The van der Waals surface area contributed by atoms with Gasteiger partial charge in [-0.1, -0.05) is 6.07 Å². The van der Waals surface area contributed by atoms with Crippen molar-refractivity contribution < 1.29 is 29.0 Å². The number of methoxy groups -OCH3 is 1. The highest BCUT2D eigenvalue weighted by Gasteiger charge is 2.36. The van der Waals surface area contributed by atoms with Crippen molar-refractivity contribution in [2.75, 3.05) is 19.0 Å². The molecule has 3 aromatic rings. The molecule has 34 heavy (non-hydrogen) atoms. The van der Waals surface area contributed by atoms with Crippen molar-refractivity contribution in [2.24, 2.45) is 0 Å². The van der Waals surface area contributed by atoms with Crippen LogP contribution in [0.1, 0.15) is 16.1 Å². The number of amides is 3. The Labute approximate surface area is 198 Å². The largest absolute Gasteiger partial charge is 0.497 e. The number of nitrogens with zero attached hydrogens (tertiary/aromatic N) is 2. The maximum Gasteiger partial charge on any atom is 0.335 e. The molecular weight excluding hydrogens is 458 g/mol. The lowest BCUT2D eigenvalue weighted by Crippen LogP contribution is -2.36. The van der Waals surface area contributed by atoms with Crippen LogP contribution >= 0.6 is 11.8 Å². The first-order valence-electron chi connectivity index (χ1n) is 10.1. The number of ether oxygens (including phenoxy) is 1. The van der Waals surface area contributed by atoms with Gasteiger partial charge in [0.1, 0.15) is 12.3 Å². The third-order valence-electron chi connectivity index (χ3n) is 4.98. The number of carboxylic acid groups (broad SMARTS) is 1. The van der Waals surface area contributed by atoms with Crippen molar-refractivity contribution in [1.82, 2.24) is 9.47 Å². The molecule has 1 aliphatic rings. The van der Waals surface area contributed by atoms with Gasteiger partial charge < -0.3 is 19.7 Å². The fourth-order valence-electron chi connectivity index (χ4n) is 3.32. The molecule has 0 radical (unpaired) electrons. The molecule has 3 amide bonds. The smallest absolute Gasteiger partial charge is 0.335 e. The van der Waals surface area contributed by atoms with E-state index in [4.69, 9.17) is 4.74 Å². The van der Waals surface area contributed by atoms with E-state index in [9.17, 15) is 24.3 Å². The summed E-state index contributed by atoms with van der Waals surface area (Å²) < 4.78 is 6.78. The molecular formula is C24H19N3O6S. The summed E-state index contributed by atoms with van der Waals surface area (Å²) in [5.74, 6) is -1.51. The normalized spacial score (nSPS) is 14.5. The molecule has 1 fully saturated rings. The fourth-order valence-corrected chi connectivity index (χ4v) is 4.15. The SMILES string of the molecule is COc1ccc(NC(=O)CN2C(=O)S/C(=C\c3cccn3-c3cccc(C(=O)O)c3)C2=O)cc1. The van der Waals surface area contributed by atoms with Crippen LogP contribution in [-0.4, -0.2) is 51.3 Å². The molecule has 9 nitrogen and oxygen atoms in total. The molecule has 1 saturated heterocycles. The van der Waals surface area contributed by atoms with Crippen LogP contribution in [0, 0.1) is 0 Å². The lowest BCUT2D eigenvalue weighted by atomic mass is 10.2. The number of benzene rings is 2. The number of hydrogen-bond donors (Lipinski definition) is 2. The summed E-state index contributed by atoms with van der Waals surface area (Å²) in [5, 5.41) is 11.3. The fraction of sp³-hybridized carbons (Fsp3) is 0.0833. The first kappa shape index (κ1) is 22.9. The minimum absolute atomic E-state index is 0.125. The quantitative estimate of drug-likeness (QED) is 0.496. The zero-order valence-electron chi connectivity index (χ0n) is 17.9. The average molecular weight is 477 g/mol. The number of hydrogen-bond acceptors (Lipinski definition) is 6. The molecule has 0 spiro atoms. The van der Waals surface area contributed by atoms with Crippen LogP contribution < -0.4 is 10.1 Å². The van der Waals surface area contributed by atoms with Crippen LogP contribution in [0.5, 0.6) is 5.75 Å². The van der Waals surface area contributed by atoms with Crippen molar-refractivity contribution in [3.63, 3.8) is 0 Å². The van der Waals surface area contributed by atoms with E-state index in [1.807, 2.05) is 0 Å². The summed E-state index contributed by atoms with van der Waals surface area (Å²) in [6, 6.07) is 16.5. The van der Waals surface area contributed by atoms with Crippen molar-refractivity contribution in [3.8, 4) is 11.4 Å². The lowest BCUT2D eigenvalue weighted by Gasteiger charge is -2.12. The van der Waals surface area contributed by atoms with Gasteiger partial charge >= 0.3 is 5.97 Å². The topological polar surface area (TPSA) is 118 Å². The van der Waals surface area contributed by atoms with Crippen LogP contribution in [-0.2, 0) is 9.59 Å². The second-order valence-electron chi connectivity index (χ2n) is 7.20.